The number of carbonyl (C=O) groups is 1. The van der Waals surface area contributed by atoms with E-state index in [9.17, 15) is 4.79 Å². The molecule has 1 amide bonds. The first kappa shape index (κ1) is 15.1. The van der Waals surface area contributed by atoms with Crippen LogP contribution in [-0.2, 0) is 17.8 Å². The van der Waals surface area contributed by atoms with Crippen LogP contribution in [0.5, 0.6) is 0 Å². The zero-order chi connectivity index (χ0) is 15.4. The smallest absolute Gasteiger partial charge is 0.234 e. The Kier molecular flexibility index (Phi) is 4.77. The van der Waals surface area contributed by atoms with Crippen LogP contribution < -0.4 is 5.32 Å². The molecule has 0 atom stereocenters. The van der Waals surface area contributed by atoms with Crippen molar-refractivity contribution in [3.8, 4) is 0 Å². The van der Waals surface area contributed by atoms with Gasteiger partial charge in [-0.05, 0) is 31.9 Å². The molecule has 1 N–H and O–H groups in total. The Morgan fingerprint density at radius 3 is 2.91 bits per heavy atom. The molecule has 6 heteroatoms. The molecule has 0 bridgehead atoms. The number of rotatable bonds is 4. The van der Waals surface area contributed by atoms with Gasteiger partial charge in [0.25, 0.3) is 0 Å². The van der Waals surface area contributed by atoms with Crippen LogP contribution in [0.15, 0.2) is 29.4 Å². The first-order chi connectivity index (χ1) is 10.7. The second-order valence-corrected chi connectivity index (χ2v) is 6.49. The molecule has 1 aliphatic heterocycles. The summed E-state index contributed by atoms with van der Waals surface area (Å²) in [7, 11) is 0. The zero-order valence-corrected chi connectivity index (χ0v) is 13.5. The molecule has 0 unspecified atom stereocenters. The number of anilines is 1. The van der Waals surface area contributed by atoms with Gasteiger partial charge < -0.3 is 5.32 Å². The predicted molar refractivity (Wildman–Crippen MR) is 88.1 cm³/mol. The quantitative estimate of drug-likeness (QED) is 0.881. The van der Waals surface area contributed by atoms with Gasteiger partial charge >= 0.3 is 0 Å². The number of amides is 1. The maximum absolute atomic E-state index is 12.0. The van der Waals surface area contributed by atoms with Crippen LogP contribution in [0.1, 0.15) is 30.7 Å². The van der Waals surface area contributed by atoms with E-state index in [0.717, 1.165) is 30.9 Å². The third-order valence-electron chi connectivity index (χ3n) is 3.67. The minimum Gasteiger partial charge on any atom is -0.325 e. The summed E-state index contributed by atoms with van der Waals surface area (Å²) in [4.78, 5) is 16.5. The van der Waals surface area contributed by atoms with Gasteiger partial charge in [-0.25, -0.2) is 9.67 Å². The van der Waals surface area contributed by atoms with Crippen molar-refractivity contribution in [3.63, 3.8) is 0 Å². The molecule has 0 radical (unpaired) electrons. The standard InChI is InChI=1S/C16H20N4OS/c1-12-6-8-13(9-7-12)17-15(21)11-22-16-18-14-5-3-2-4-10-20(14)19-16/h6-9H,2-5,10-11H2,1H3,(H,17,21). The fourth-order valence-corrected chi connectivity index (χ4v) is 3.12. The Morgan fingerprint density at radius 1 is 1.27 bits per heavy atom. The van der Waals surface area contributed by atoms with E-state index in [0.29, 0.717) is 10.9 Å². The summed E-state index contributed by atoms with van der Waals surface area (Å²) >= 11 is 1.40. The fourth-order valence-electron chi connectivity index (χ4n) is 2.46. The van der Waals surface area contributed by atoms with Crippen LogP contribution in [-0.4, -0.2) is 26.4 Å². The number of aromatic nitrogens is 3. The molecule has 116 valence electrons. The number of benzene rings is 1. The first-order valence-electron chi connectivity index (χ1n) is 7.64. The van der Waals surface area contributed by atoms with Gasteiger partial charge in [0.15, 0.2) is 0 Å². The van der Waals surface area contributed by atoms with E-state index < -0.39 is 0 Å². The van der Waals surface area contributed by atoms with Crippen LogP contribution in [0.3, 0.4) is 0 Å². The Hall–Kier alpha value is -1.82. The molecule has 0 aliphatic carbocycles. The molecular formula is C16H20N4OS. The van der Waals surface area contributed by atoms with Gasteiger partial charge in [-0.2, -0.15) is 0 Å². The minimum absolute atomic E-state index is 0.0288. The van der Waals surface area contributed by atoms with Crippen molar-refractivity contribution < 1.29 is 4.79 Å². The number of carbonyl (C=O) groups excluding carboxylic acids is 1. The Balaban J connectivity index is 1.53. The molecule has 2 aromatic rings. The second-order valence-electron chi connectivity index (χ2n) is 5.55. The van der Waals surface area contributed by atoms with Gasteiger partial charge in [0.2, 0.25) is 11.1 Å². The molecule has 1 aliphatic rings. The summed E-state index contributed by atoms with van der Waals surface area (Å²) in [6, 6.07) is 7.79. The first-order valence-corrected chi connectivity index (χ1v) is 8.62. The Labute approximate surface area is 134 Å². The highest BCUT2D eigenvalue weighted by Gasteiger charge is 2.14. The van der Waals surface area contributed by atoms with Gasteiger partial charge in [-0.3, -0.25) is 4.79 Å². The van der Waals surface area contributed by atoms with Crippen molar-refractivity contribution >= 4 is 23.4 Å². The van der Waals surface area contributed by atoms with Crippen molar-refractivity contribution in [2.45, 2.75) is 44.3 Å². The van der Waals surface area contributed by atoms with Crippen LogP contribution in [0.2, 0.25) is 0 Å². The molecular weight excluding hydrogens is 296 g/mol. The predicted octanol–water partition coefficient (Wildman–Crippen LogP) is 3.04. The normalized spacial score (nSPS) is 14.2. The summed E-state index contributed by atoms with van der Waals surface area (Å²) in [5.74, 6) is 1.36. The molecule has 0 fully saturated rings. The SMILES string of the molecule is Cc1ccc(NC(=O)CSc2nc3n(n2)CCCCC3)cc1. The van der Waals surface area contributed by atoms with Gasteiger partial charge in [0, 0.05) is 18.7 Å². The number of fused-ring (bicyclic) bond motifs is 1. The summed E-state index contributed by atoms with van der Waals surface area (Å²) in [6.07, 6.45) is 4.57. The molecule has 0 spiro atoms. The zero-order valence-electron chi connectivity index (χ0n) is 12.7. The summed E-state index contributed by atoms with van der Waals surface area (Å²) < 4.78 is 1.99. The second kappa shape index (κ2) is 6.96. The maximum atomic E-state index is 12.0. The Bertz CT molecular complexity index is 627. The molecule has 5 nitrogen and oxygen atoms in total. The lowest BCUT2D eigenvalue weighted by Crippen LogP contribution is -2.14. The van der Waals surface area contributed by atoms with E-state index in [1.54, 1.807) is 0 Å². The van der Waals surface area contributed by atoms with Gasteiger partial charge in [-0.1, -0.05) is 35.9 Å². The van der Waals surface area contributed by atoms with E-state index >= 15 is 0 Å². The molecule has 0 saturated heterocycles. The van der Waals surface area contributed by atoms with Crippen LogP contribution in [0, 0.1) is 6.92 Å². The average molecular weight is 316 g/mol. The highest BCUT2D eigenvalue weighted by atomic mass is 32.2. The molecule has 2 heterocycles. The van der Waals surface area contributed by atoms with Crippen LogP contribution in [0.25, 0.3) is 0 Å². The van der Waals surface area contributed by atoms with E-state index in [1.165, 1.54) is 30.2 Å². The number of nitrogens with one attached hydrogen (secondary N) is 1. The largest absolute Gasteiger partial charge is 0.325 e. The number of hydrogen-bond acceptors (Lipinski definition) is 4. The van der Waals surface area contributed by atoms with E-state index in [1.807, 2.05) is 35.9 Å². The van der Waals surface area contributed by atoms with Crippen LogP contribution in [0.4, 0.5) is 5.69 Å². The average Bonchev–Trinajstić information content (AvgIpc) is 2.77. The fraction of sp³-hybridized carbons (Fsp3) is 0.438. The van der Waals surface area contributed by atoms with E-state index in [-0.39, 0.29) is 5.91 Å². The van der Waals surface area contributed by atoms with E-state index in [2.05, 4.69) is 15.4 Å². The van der Waals surface area contributed by atoms with Gasteiger partial charge in [0.05, 0.1) is 5.75 Å². The van der Waals surface area contributed by atoms with Gasteiger partial charge in [-0.15, -0.1) is 5.10 Å². The maximum Gasteiger partial charge on any atom is 0.234 e. The minimum atomic E-state index is -0.0288. The van der Waals surface area contributed by atoms with Crippen molar-refractivity contribution in [2.75, 3.05) is 11.1 Å². The topological polar surface area (TPSA) is 59.8 Å². The lowest BCUT2D eigenvalue weighted by molar-refractivity contribution is -0.113. The third kappa shape index (κ3) is 3.88. The van der Waals surface area contributed by atoms with Crippen molar-refractivity contribution in [1.82, 2.24) is 14.8 Å². The molecule has 1 aromatic heterocycles. The molecule has 22 heavy (non-hydrogen) atoms. The highest BCUT2D eigenvalue weighted by Crippen LogP contribution is 2.19. The highest BCUT2D eigenvalue weighted by molar-refractivity contribution is 7.99. The number of aryl methyl sites for hydroxylation is 3. The number of thioether (sulfide) groups is 1. The molecule has 3 rings (SSSR count). The number of nitrogens with zero attached hydrogens (tertiary/aromatic N) is 3. The lowest BCUT2D eigenvalue weighted by atomic mass is 10.2. The Morgan fingerprint density at radius 2 is 2.09 bits per heavy atom. The van der Waals surface area contributed by atoms with Crippen molar-refractivity contribution in [1.29, 1.82) is 0 Å². The summed E-state index contributed by atoms with van der Waals surface area (Å²) in [5.41, 5.74) is 2.00. The lowest BCUT2D eigenvalue weighted by Gasteiger charge is -2.04. The third-order valence-corrected chi connectivity index (χ3v) is 4.50. The molecule has 0 saturated carbocycles. The van der Waals surface area contributed by atoms with E-state index in [4.69, 9.17) is 0 Å². The van der Waals surface area contributed by atoms with Crippen LogP contribution >= 0.6 is 11.8 Å². The van der Waals surface area contributed by atoms with Crippen molar-refractivity contribution in [3.05, 3.63) is 35.7 Å². The van der Waals surface area contributed by atoms with Gasteiger partial charge in [0.1, 0.15) is 5.82 Å². The summed E-state index contributed by atoms with van der Waals surface area (Å²) in [6.45, 7) is 2.97. The van der Waals surface area contributed by atoms with Crippen molar-refractivity contribution in [2.24, 2.45) is 0 Å². The summed E-state index contributed by atoms with van der Waals surface area (Å²) in [5, 5.41) is 8.08. The monoisotopic (exact) mass is 316 g/mol. The number of hydrogen-bond donors (Lipinski definition) is 1. The molecule has 1 aromatic carbocycles.